The van der Waals surface area contributed by atoms with Crippen LogP contribution in [0.5, 0.6) is 5.75 Å². The molecule has 7 heteroatoms. The van der Waals surface area contributed by atoms with E-state index >= 15 is 0 Å². The molecule has 4 fully saturated rings. The van der Waals surface area contributed by atoms with Gasteiger partial charge in [-0.05, 0) is 55.7 Å². The van der Waals surface area contributed by atoms with Crippen molar-refractivity contribution >= 4 is 23.1 Å². The number of fused-ring (bicyclic) bond motifs is 1. The van der Waals surface area contributed by atoms with Crippen LogP contribution in [0.4, 0.5) is 0 Å². The fourth-order valence-electron chi connectivity index (χ4n) is 6.49. The van der Waals surface area contributed by atoms with E-state index in [1.54, 1.807) is 18.2 Å². The van der Waals surface area contributed by atoms with Gasteiger partial charge in [0.1, 0.15) is 11.9 Å². The monoisotopic (exact) mass is 431 g/mol. The fraction of sp³-hybridized carbons (Fsp3) is 0.652. The summed E-state index contributed by atoms with van der Waals surface area (Å²) in [6, 6.07) is 5.15. The van der Waals surface area contributed by atoms with Gasteiger partial charge in [0.25, 0.3) is 0 Å². The summed E-state index contributed by atoms with van der Waals surface area (Å²) in [4.78, 5) is 18.6. The molecule has 6 aliphatic rings. The SMILES string of the molecule is O=C(CC12CC(C3=NOC(C4CC(O)C4)C3)(C1)C2)[C@@H]1C[C@@H](O)c2cc(Cl)ccc2O1. The van der Waals surface area contributed by atoms with Gasteiger partial charge in [-0.1, -0.05) is 16.8 Å². The zero-order valence-electron chi connectivity index (χ0n) is 16.7. The van der Waals surface area contributed by atoms with E-state index in [1.807, 2.05) is 0 Å². The molecule has 4 aliphatic carbocycles. The molecule has 160 valence electrons. The zero-order valence-corrected chi connectivity index (χ0v) is 17.5. The maximum atomic E-state index is 13.0. The first-order valence-electron chi connectivity index (χ1n) is 10.9. The summed E-state index contributed by atoms with van der Waals surface area (Å²) in [5.74, 6) is 1.06. The molecule has 0 amide bonds. The van der Waals surface area contributed by atoms with Crippen LogP contribution in [0.15, 0.2) is 23.4 Å². The largest absolute Gasteiger partial charge is 0.482 e. The minimum absolute atomic E-state index is 0.0684. The molecule has 30 heavy (non-hydrogen) atoms. The van der Waals surface area contributed by atoms with Gasteiger partial charge in [0.05, 0.1) is 17.9 Å². The van der Waals surface area contributed by atoms with Gasteiger partial charge in [-0.15, -0.1) is 0 Å². The van der Waals surface area contributed by atoms with Gasteiger partial charge in [0.15, 0.2) is 11.9 Å². The van der Waals surface area contributed by atoms with Crippen LogP contribution >= 0.6 is 11.6 Å². The fourth-order valence-corrected chi connectivity index (χ4v) is 6.67. The number of Topliss-reactive ketones (excluding diaryl/α,β-unsaturated/α-hetero) is 1. The number of nitrogens with zero attached hydrogens (tertiary/aromatic N) is 1. The van der Waals surface area contributed by atoms with Crippen LogP contribution in [0.25, 0.3) is 0 Å². The first-order chi connectivity index (χ1) is 14.3. The molecule has 1 aromatic rings. The predicted molar refractivity (Wildman–Crippen MR) is 109 cm³/mol. The molecule has 6 nitrogen and oxygen atoms in total. The van der Waals surface area contributed by atoms with E-state index in [4.69, 9.17) is 21.2 Å². The van der Waals surface area contributed by atoms with Gasteiger partial charge in [-0.25, -0.2) is 0 Å². The van der Waals surface area contributed by atoms with E-state index in [2.05, 4.69) is 5.16 Å². The second-order valence-corrected chi connectivity index (χ2v) is 10.7. The Morgan fingerprint density at radius 2 is 1.97 bits per heavy atom. The van der Waals surface area contributed by atoms with Crippen LogP contribution in [0.1, 0.15) is 63.0 Å². The lowest BCUT2D eigenvalue weighted by molar-refractivity contribution is -0.171. The number of oxime groups is 1. The second kappa shape index (κ2) is 6.44. The topological polar surface area (TPSA) is 88.4 Å². The van der Waals surface area contributed by atoms with Crippen molar-refractivity contribution in [2.24, 2.45) is 21.9 Å². The Hall–Kier alpha value is -1.63. The molecule has 2 aliphatic heterocycles. The smallest absolute Gasteiger partial charge is 0.173 e. The summed E-state index contributed by atoms with van der Waals surface area (Å²) in [5.41, 5.74) is 2.02. The third-order valence-corrected chi connectivity index (χ3v) is 8.30. The minimum atomic E-state index is -0.729. The van der Waals surface area contributed by atoms with Crippen LogP contribution in [-0.2, 0) is 9.63 Å². The summed E-state index contributed by atoms with van der Waals surface area (Å²) in [6.07, 6.45) is 4.91. The van der Waals surface area contributed by atoms with Crippen LogP contribution in [0.2, 0.25) is 5.02 Å². The lowest BCUT2D eigenvalue weighted by Crippen LogP contribution is -2.66. The van der Waals surface area contributed by atoms with Gasteiger partial charge in [0.2, 0.25) is 0 Å². The molecular weight excluding hydrogens is 406 g/mol. The van der Waals surface area contributed by atoms with Crippen LogP contribution in [0, 0.1) is 16.7 Å². The normalized spacial score (nSPS) is 43.2. The quantitative estimate of drug-likeness (QED) is 0.744. The van der Waals surface area contributed by atoms with Crippen LogP contribution < -0.4 is 4.74 Å². The Bertz CT molecular complexity index is 920. The summed E-state index contributed by atoms with van der Waals surface area (Å²) in [7, 11) is 0. The van der Waals surface area contributed by atoms with Crippen molar-refractivity contribution in [2.75, 3.05) is 0 Å². The van der Waals surface area contributed by atoms with Crippen molar-refractivity contribution < 1.29 is 24.6 Å². The number of ether oxygens (including phenoxy) is 1. The van der Waals surface area contributed by atoms with E-state index in [-0.39, 0.29) is 35.2 Å². The molecule has 2 N–H and O–H groups in total. The molecule has 2 bridgehead atoms. The van der Waals surface area contributed by atoms with Crippen molar-refractivity contribution in [3.8, 4) is 5.75 Å². The van der Waals surface area contributed by atoms with E-state index in [0.29, 0.717) is 28.7 Å². The molecule has 0 spiro atoms. The number of rotatable bonds is 5. The van der Waals surface area contributed by atoms with Crippen molar-refractivity contribution in [3.05, 3.63) is 28.8 Å². The highest BCUT2D eigenvalue weighted by Gasteiger charge is 2.71. The first-order valence-corrected chi connectivity index (χ1v) is 11.3. The third-order valence-electron chi connectivity index (χ3n) is 8.07. The molecule has 7 rings (SSSR count). The number of benzene rings is 1. The lowest BCUT2D eigenvalue weighted by atomic mass is 9.32. The number of aliphatic hydroxyl groups is 2. The molecular formula is C23H26ClNO5. The molecule has 0 aromatic heterocycles. The number of carbonyl (C=O) groups is 1. The van der Waals surface area contributed by atoms with Crippen molar-refractivity contribution in [1.82, 2.24) is 0 Å². The van der Waals surface area contributed by atoms with Crippen LogP contribution in [0.3, 0.4) is 0 Å². The van der Waals surface area contributed by atoms with E-state index in [9.17, 15) is 15.0 Å². The Morgan fingerprint density at radius 3 is 2.70 bits per heavy atom. The number of hydrogen-bond acceptors (Lipinski definition) is 6. The molecule has 2 heterocycles. The van der Waals surface area contributed by atoms with Gasteiger partial charge in [-0.2, -0.15) is 0 Å². The Kier molecular flexibility index (Phi) is 4.10. The summed E-state index contributed by atoms with van der Waals surface area (Å²) >= 11 is 6.01. The lowest BCUT2D eigenvalue weighted by Gasteiger charge is -2.70. The number of hydrogen-bond donors (Lipinski definition) is 2. The number of aliphatic hydroxyl groups excluding tert-OH is 2. The number of halogens is 1. The molecule has 4 saturated carbocycles. The summed E-state index contributed by atoms with van der Waals surface area (Å²) in [5, 5.41) is 24.9. The van der Waals surface area contributed by atoms with Crippen LogP contribution in [-0.4, -0.2) is 40.0 Å². The maximum Gasteiger partial charge on any atom is 0.173 e. The summed E-state index contributed by atoms with van der Waals surface area (Å²) in [6.45, 7) is 0. The Morgan fingerprint density at radius 1 is 1.20 bits per heavy atom. The van der Waals surface area contributed by atoms with Crippen molar-refractivity contribution in [1.29, 1.82) is 0 Å². The minimum Gasteiger partial charge on any atom is -0.482 e. The summed E-state index contributed by atoms with van der Waals surface area (Å²) < 4.78 is 5.91. The second-order valence-electron chi connectivity index (χ2n) is 10.3. The Balaban J connectivity index is 1.04. The average molecular weight is 432 g/mol. The van der Waals surface area contributed by atoms with Gasteiger partial charge in [0, 0.05) is 41.2 Å². The maximum absolute atomic E-state index is 13.0. The predicted octanol–water partition coefficient (Wildman–Crippen LogP) is 3.57. The van der Waals surface area contributed by atoms with Gasteiger partial charge >= 0.3 is 0 Å². The van der Waals surface area contributed by atoms with Crippen molar-refractivity contribution in [3.63, 3.8) is 0 Å². The van der Waals surface area contributed by atoms with Gasteiger partial charge < -0.3 is 19.8 Å². The molecule has 0 saturated heterocycles. The zero-order chi connectivity index (χ0) is 20.7. The van der Waals surface area contributed by atoms with E-state index in [1.165, 1.54) is 5.71 Å². The third kappa shape index (κ3) is 2.84. The van der Waals surface area contributed by atoms with E-state index in [0.717, 1.165) is 38.5 Å². The number of carbonyl (C=O) groups excluding carboxylic acids is 1. The number of ketones is 1. The molecule has 3 atom stereocenters. The Labute approximate surface area is 180 Å². The highest BCUT2D eigenvalue weighted by molar-refractivity contribution is 6.30. The highest BCUT2D eigenvalue weighted by Crippen LogP contribution is 2.76. The average Bonchev–Trinajstić information content (AvgIpc) is 3.10. The van der Waals surface area contributed by atoms with Crippen molar-refractivity contribution in [2.45, 2.75) is 75.8 Å². The van der Waals surface area contributed by atoms with Gasteiger partial charge in [-0.3, -0.25) is 4.79 Å². The van der Waals surface area contributed by atoms with E-state index < -0.39 is 12.2 Å². The highest BCUT2D eigenvalue weighted by atomic mass is 35.5. The molecule has 0 radical (unpaired) electrons. The standard InChI is InChI=1S/C23H26ClNO5/c24-13-1-2-18-15(5-13)16(27)6-20(29-18)17(28)8-22-9-23(10-22,11-22)21-7-19(30-25-21)12-3-14(26)4-12/h1-2,5,12,14,16,19-20,26-27H,3-4,6-11H2/t12?,14?,16-,19?,20+,22?,23?/m1/s1. The molecule has 1 aromatic carbocycles. The molecule has 1 unspecified atom stereocenters. The first kappa shape index (κ1) is 19.1.